The topological polar surface area (TPSA) is 71.1 Å². The molecule has 0 aromatic carbocycles. The van der Waals surface area contributed by atoms with E-state index in [0.717, 1.165) is 6.20 Å². The molecule has 1 aromatic heterocycles. The van der Waals surface area contributed by atoms with E-state index >= 15 is 0 Å². The maximum Gasteiger partial charge on any atom is 0.254 e. The third kappa shape index (κ3) is 4.18. The maximum absolute atomic E-state index is 13.2. The summed E-state index contributed by atoms with van der Waals surface area (Å²) in [5, 5.41) is 4.93. The number of halogens is 1. The molecule has 1 rings (SSSR count). The molecule has 1 heterocycles. The molecular formula is C11H14FN3O2. The van der Waals surface area contributed by atoms with Crippen molar-refractivity contribution in [1.29, 1.82) is 0 Å². The first-order chi connectivity index (χ1) is 8.00. The fourth-order valence-corrected chi connectivity index (χ4v) is 1.19. The average molecular weight is 239 g/mol. The zero-order valence-electron chi connectivity index (χ0n) is 9.66. The Morgan fingerprint density at radius 1 is 1.47 bits per heavy atom. The van der Waals surface area contributed by atoms with Crippen LogP contribution in [-0.4, -0.2) is 29.4 Å². The van der Waals surface area contributed by atoms with E-state index in [9.17, 15) is 14.0 Å². The van der Waals surface area contributed by atoms with Gasteiger partial charge < -0.3 is 10.6 Å². The van der Waals surface area contributed by atoms with Gasteiger partial charge in [-0.1, -0.05) is 0 Å². The SMILES string of the molecule is CC(C)NC(=O)CNC(=O)c1ccncc1F. The number of carbonyl (C=O) groups excluding carboxylic acids is 2. The Balaban J connectivity index is 2.51. The van der Waals surface area contributed by atoms with E-state index in [-0.39, 0.29) is 24.1 Å². The lowest BCUT2D eigenvalue weighted by molar-refractivity contribution is -0.120. The van der Waals surface area contributed by atoms with Gasteiger partial charge in [-0.15, -0.1) is 0 Å². The van der Waals surface area contributed by atoms with E-state index in [0.29, 0.717) is 0 Å². The summed E-state index contributed by atoms with van der Waals surface area (Å²) in [6.07, 6.45) is 2.26. The van der Waals surface area contributed by atoms with Crippen molar-refractivity contribution < 1.29 is 14.0 Å². The fourth-order valence-electron chi connectivity index (χ4n) is 1.19. The van der Waals surface area contributed by atoms with Crippen LogP contribution in [0.25, 0.3) is 0 Å². The highest BCUT2D eigenvalue weighted by Gasteiger charge is 2.12. The minimum atomic E-state index is -0.714. The van der Waals surface area contributed by atoms with Crippen LogP contribution < -0.4 is 10.6 Å². The van der Waals surface area contributed by atoms with Gasteiger partial charge in [-0.05, 0) is 19.9 Å². The molecule has 0 unspecified atom stereocenters. The minimum Gasteiger partial charge on any atom is -0.352 e. The second-order valence-electron chi connectivity index (χ2n) is 3.76. The molecule has 0 saturated carbocycles. The Morgan fingerprint density at radius 2 is 2.18 bits per heavy atom. The molecule has 0 atom stereocenters. The lowest BCUT2D eigenvalue weighted by Crippen LogP contribution is -2.40. The predicted molar refractivity (Wildman–Crippen MR) is 59.8 cm³/mol. The zero-order chi connectivity index (χ0) is 12.8. The molecule has 1 aromatic rings. The summed E-state index contributed by atoms with van der Waals surface area (Å²) in [7, 11) is 0. The van der Waals surface area contributed by atoms with E-state index in [1.165, 1.54) is 12.3 Å². The van der Waals surface area contributed by atoms with Crippen molar-refractivity contribution in [2.75, 3.05) is 6.54 Å². The molecule has 0 aliphatic carbocycles. The van der Waals surface area contributed by atoms with E-state index in [4.69, 9.17) is 0 Å². The standard InChI is InChI=1S/C11H14FN3O2/c1-7(2)15-10(16)6-14-11(17)8-3-4-13-5-9(8)12/h3-5,7H,6H2,1-2H3,(H,14,17)(H,15,16). The third-order valence-electron chi connectivity index (χ3n) is 1.88. The normalized spacial score (nSPS) is 10.1. The van der Waals surface area contributed by atoms with Crippen molar-refractivity contribution >= 4 is 11.8 Å². The van der Waals surface area contributed by atoms with E-state index in [1.807, 2.05) is 13.8 Å². The van der Waals surface area contributed by atoms with Gasteiger partial charge >= 0.3 is 0 Å². The van der Waals surface area contributed by atoms with Crippen LogP contribution in [0.4, 0.5) is 4.39 Å². The van der Waals surface area contributed by atoms with Gasteiger partial charge in [0.15, 0.2) is 5.82 Å². The highest BCUT2D eigenvalue weighted by Crippen LogP contribution is 2.03. The number of nitrogens with zero attached hydrogens (tertiary/aromatic N) is 1. The predicted octanol–water partition coefficient (Wildman–Crippen LogP) is 0.475. The summed E-state index contributed by atoms with van der Waals surface area (Å²) in [5.74, 6) is -1.67. The number of amides is 2. The Labute approximate surface area is 98.4 Å². The Kier molecular flexibility index (Phi) is 4.56. The summed E-state index contributed by atoms with van der Waals surface area (Å²) in [5.41, 5.74) is -0.127. The van der Waals surface area contributed by atoms with E-state index < -0.39 is 11.7 Å². The number of aromatic nitrogens is 1. The summed E-state index contributed by atoms with van der Waals surface area (Å²) < 4.78 is 13.2. The van der Waals surface area contributed by atoms with Gasteiger partial charge in [0.2, 0.25) is 5.91 Å². The van der Waals surface area contributed by atoms with Crippen LogP contribution in [0, 0.1) is 5.82 Å². The van der Waals surface area contributed by atoms with Crippen LogP contribution >= 0.6 is 0 Å². The van der Waals surface area contributed by atoms with Gasteiger partial charge in [-0.25, -0.2) is 4.39 Å². The first-order valence-corrected chi connectivity index (χ1v) is 5.17. The molecule has 2 amide bonds. The number of rotatable bonds is 4. The second kappa shape index (κ2) is 5.93. The molecule has 0 fully saturated rings. The number of hydrogen-bond acceptors (Lipinski definition) is 3. The molecule has 2 N–H and O–H groups in total. The minimum absolute atomic E-state index is 0.00272. The second-order valence-corrected chi connectivity index (χ2v) is 3.76. The van der Waals surface area contributed by atoms with Crippen molar-refractivity contribution in [3.63, 3.8) is 0 Å². The van der Waals surface area contributed by atoms with Crippen LogP contribution in [-0.2, 0) is 4.79 Å². The molecule has 6 heteroatoms. The Morgan fingerprint density at radius 3 is 2.76 bits per heavy atom. The summed E-state index contributed by atoms with van der Waals surface area (Å²) in [4.78, 5) is 26.3. The van der Waals surface area contributed by atoms with Gasteiger partial charge in [-0.3, -0.25) is 14.6 Å². The van der Waals surface area contributed by atoms with E-state index in [1.54, 1.807) is 0 Å². The Hall–Kier alpha value is -1.98. The number of hydrogen-bond donors (Lipinski definition) is 2. The molecule has 0 aliphatic heterocycles. The molecule has 5 nitrogen and oxygen atoms in total. The third-order valence-corrected chi connectivity index (χ3v) is 1.88. The lowest BCUT2D eigenvalue weighted by Gasteiger charge is -2.09. The van der Waals surface area contributed by atoms with Crippen LogP contribution in [0.2, 0.25) is 0 Å². The molecule has 17 heavy (non-hydrogen) atoms. The lowest BCUT2D eigenvalue weighted by atomic mass is 10.2. The van der Waals surface area contributed by atoms with Crippen LogP contribution in [0.5, 0.6) is 0 Å². The molecule has 0 saturated heterocycles. The van der Waals surface area contributed by atoms with Crippen molar-refractivity contribution in [2.24, 2.45) is 0 Å². The van der Waals surface area contributed by atoms with Crippen molar-refractivity contribution in [1.82, 2.24) is 15.6 Å². The van der Waals surface area contributed by atoms with Gasteiger partial charge in [0.05, 0.1) is 18.3 Å². The highest BCUT2D eigenvalue weighted by molar-refractivity contribution is 5.96. The largest absolute Gasteiger partial charge is 0.352 e. The molecule has 92 valence electrons. The number of pyridine rings is 1. The fraction of sp³-hybridized carbons (Fsp3) is 0.364. The first-order valence-electron chi connectivity index (χ1n) is 5.17. The van der Waals surface area contributed by atoms with Crippen LogP contribution in [0.15, 0.2) is 18.5 Å². The van der Waals surface area contributed by atoms with Gasteiger partial charge in [0.25, 0.3) is 5.91 Å². The number of nitrogens with one attached hydrogen (secondary N) is 2. The molecule has 0 radical (unpaired) electrons. The van der Waals surface area contributed by atoms with Crippen LogP contribution in [0.1, 0.15) is 24.2 Å². The average Bonchev–Trinajstić information content (AvgIpc) is 2.25. The van der Waals surface area contributed by atoms with Crippen molar-refractivity contribution in [2.45, 2.75) is 19.9 Å². The number of carbonyl (C=O) groups is 2. The molecule has 0 aliphatic rings. The molecule has 0 spiro atoms. The van der Waals surface area contributed by atoms with Gasteiger partial charge in [-0.2, -0.15) is 0 Å². The summed E-state index contributed by atoms with van der Waals surface area (Å²) >= 11 is 0. The summed E-state index contributed by atoms with van der Waals surface area (Å²) in [6, 6.07) is 1.25. The smallest absolute Gasteiger partial charge is 0.254 e. The quantitative estimate of drug-likeness (QED) is 0.802. The van der Waals surface area contributed by atoms with Gasteiger partial charge in [0.1, 0.15) is 0 Å². The van der Waals surface area contributed by atoms with E-state index in [2.05, 4.69) is 15.6 Å². The maximum atomic E-state index is 13.2. The first kappa shape index (κ1) is 13.1. The monoisotopic (exact) mass is 239 g/mol. The van der Waals surface area contributed by atoms with Crippen molar-refractivity contribution in [3.8, 4) is 0 Å². The Bertz CT molecular complexity index is 421. The van der Waals surface area contributed by atoms with Gasteiger partial charge in [0, 0.05) is 12.2 Å². The highest BCUT2D eigenvalue weighted by atomic mass is 19.1. The molecule has 0 bridgehead atoms. The van der Waals surface area contributed by atoms with Crippen LogP contribution in [0.3, 0.4) is 0 Å². The molecular weight excluding hydrogens is 225 g/mol. The zero-order valence-corrected chi connectivity index (χ0v) is 9.66. The summed E-state index contributed by atoms with van der Waals surface area (Å²) in [6.45, 7) is 3.43. The van der Waals surface area contributed by atoms with Crippen molar-refractivity contribution in [3.05, 3.63) is 29.8 Å².